The molecule has 1 aliphatic heterocycles. The van der Waals surface area contributed by atoms with Gasteiger partial charge in [-0.05, 0) is 20.8 Å². The summed E-state index contributed by atoms with van der Waals surface area (Å²) in [7, 11) is 0. The highest BCUT2D eigenvalue weighted by atomic mass is 16.5. The van der Waals surface area contributed by atoms with Gasteiger partial charge in [0.1, 0.15) is 6.04 Å². The number of hydrogen-bond acceptors (Lipinski definition) is 4. The molecule has 1 atom stereocenters. The summed E-state index contributed by atoms with van der Waals surface area (Å²) in [6, 6.07) is -0.801. The summed E-state index contributed by atoms with van der Waals surface area (Å²) >= 11 is 0. The molecule has 0 bridgehead atoms. The average Bonchev–Trinajstić information content (AvgIpc) is 2.49. The lowest BCUT2D eigenvalue weighted by atomic mass is 10.3. The van der Waals surface area contributed by atoms with Crippen LogP contribution in [0.3, 0.4) is 0 Å². The topological polar surface area (TPSA) is 73.9 Å². The van der Waals surface area contributed by atoms with Crippen LogP contribution >= 0.6 is 0 Å². The molecular weight excluding hydrogens is 272 g/mol. The highest BCUT2D eigenvalue weighted by Crippen LogP contribution is 1.96. The van der Waals surface area contributed by atoms with E-state index >= 15 is 0 Å². The second-order valence-corrected chi connectivity index (χ2v) is 5.09. The Morgan fingerprint density at radius 2 is 1.86 bits per heavy atom. The van der Waals surface area contributed by atoms with Crippen molar-refractivity contribution in [1.29, 1.82) is 0 Å². The van der Waals surface area contributed by atoms with Crippen LogP contribution in [0.2, 0.25) is 0 Å². The van der Waals surface area contributed by atoms with Crippen LogP contribution in [-0.2, 0) is 9.53 Å². The summed E-state index contributed by atoms with van der Waals surface area (Å²) in [5.74, 6) is -0.0525. The lowest BCUT2D eigenvalue weighted by Crippen LogP contribution is -2.51. The summed E-state index contributed by atoms with van der Waals surface area (Å²) in [5, 5.41) is 5.47. The molecule has 1 fully saturated rings. The van der Waals surface area contributed by atoms with Gasteiger partial charge in [-0.15, -0.1) is 0 Å². The molecule has 122 valence electrons. The summed E-state index contributed by atoms with van der Waals surface area (Å²) in [5.41, 5.74) is 0. The fourth-order valence-corrected chi connectivity index (χ4v) is 2.27. The Morgan fingerprint density at radius 1 is 1.24 bits per heavy atom. The first-order valence-corrected chi connectivity index (χ1v) is 7.71. The van der Waals surface area contributed by atoms with E-state index in [9.17, 15) is 9.59 Å². The van der Waals surface area contributed by atoms with Crippen LogP contribution in [0.1, 0.15) is 20.8 Å². The van der Waals surface area contributed by atoms with E-state index in [1.807, 2.05) is 13.8 Å². The Labute approximate surface area is 127 Å². The van der Waals surface area contributed by atoms with Crippen molar-refractivity contribution >= 4 is 11.9 Å². The normalized spacial score (nSPS) is 17.1. The van der Waals surface area contributed by atoms with Crippen molar-refractivity contribution < 1.29 is 14.3 Å². The molecule has 1 rings (SSSR count). The highest BCUT2D eigenvalue weighted by Gasteiger charge is 2.19. The van der Waals surface area contributed by atoms with E-state index in [1.54, 1.807) is 11.8 Å². The van der Waals surface area contributed by atoms with Crippen LogP contribution in [-0.4, -0.2) is 80.3 Å². The predicted molar refractivity (Wildman–Crippen MR) is 81.2 cm³/mol. The highest BCUT2D eigenvalue weighted by molar-refractivity contribution is 5.86. The number of amides is 3. The van der Waals surface area contributed by atoms with Crippen molar-refractivity contribution in [3.8, 4) is 0 Å². The number of ether oxygens (including phenoxy) is 1. The third kappa shape index (κ3) is 6.31. The van der Waals surface area contributed by atoms with Crippen LogP contribution in [0, 0.1) is 0 Å². The molecule has 0 aromatic carbocycles. The van der Waals surface area contributed by atoms with E-state index < -0.39 is 6.04 Å². The fourth-order valence-electron chi connectivity index (χ4n) is 2.27. The number of morpholine rings is 1. The second kappa shape index (κ2) is 9.57. The molecule has 7 heteroatoms. The third-order valence-electron chi connectivity index (χ3n) is 3.61. The van der Waals surface area contributed by atoms with Gasteiger partial charge in [0.2, 0.25) is 5.91 Å². The zero-order chi connectivity index (χ0) is 15.7. The Balaban J connectivity index is 2.21. The molecule has 0 saturated carbocycles. The van der Waals surface area contributed by atoms with Crippen LogP contribution in [0.4, 0.5) is 4.79 Å². The number of urea groups is 1. The van der Waals surface area contributed by atoms with Crippen molar-refractivity contribution in [3.05, 3.63) is 0 Å². The largest absolute Gasteiger partial charge is 0.379 e. The van der Waals surface area contributed by atoms with Gasteiger partial charge in [0, 0.05) is 39.3 Å². The molecule has 1 saturated heterocycles. The van der Waals surface area contributed by atoms with Gasteiger partial charge in [0.05, 0.1) is 13.2 Å². The average molecular weight is 300 g/mol. The maximum atomic E-state index is 12.0. The SMILES string of the molecule is CCN(CC)C(=O)[C@@H](C)NC(=O)NCCN1CCOCC1. The number of carbonyl (C=O) groups excluding carboxylic acids is 2. The number of nitrogens with one attached hydrogen (secondary N) is 2. The van der Waals surface area contributed by atoms with Crippen molar-refractivity contribution in [2.75, 3.05) is 52.5 Å². The molecule has 21 heavy (non-hydrogen) atoms. The lowest BCUT2D eigenvalue weighted by Gasteiger charge is -2.27. The Morgan fingerprint density at radius 3 is 2.43 bits per heavy atom. The number of rotatable bonds is 7. The monoisotopic (exact) mass is 300 g/mol. The van der Waals surface area contributed by atoms with Crippen LogP contribution < -0.4 is 10.6 Å². The molecule has 7 nitrogen and oxygen atoms in total. The molecule has 0 aliphatic carbocycles. The van der Waals surface area contributed by atoms with E-state index in [0.29, 0.717) is 19.6 Å². The van der Waals surface area contributed by atoms with Gasteiger partial charge < -0.3 is 20.3 Å². The van der Waals surface area contributed by atoms with E-state index in [-0.39, 0.29) is 11.9 Å². The number of hydrogen-bond donors (Lipinski definition) is 2. The van der Waals surface area contributed by atoms with E-state index in [2.05, 4.69) is 15.5 Å². The zero-order valence-corrected chi connectivity index (χ0v) is 13.4. The maximum Gasteiger partial charge on any atom is 0.315 e. The second-order valence-electron chi connectivity index (χ2n) is 5.09. The molecule has 1 aliphatic rings. The van der Waals surface area contributed by atoms with Crippen molar-refractivity contribution in [2.45, 2.75) is 26.8 Å². The van der Waals surface area contributed by atoms with Gasteiger partial charge in [0.15, 0.2) is 0 Å². The van der Waals surface area contributed by atoms with Gasteiger partial charge in [-0.2, -0.15) is 0 Å². The van der Waals surface area contributed by atoms with Crippen LogP contribution in [0.5, 0.6) is 0 Å². The van der Waals surface area contributed by atoms with Crippen LogP contribution in [0.25, 0.3) is 0 Å². The summed E-state index contributed by atoms with van der Waals surface area (Å²) in [6.45, 7) is 11.5. The quantitative estimate of drug-likeness (QED) is 0.687. The molecule has 0 radical (unpaired) electrons. The van der Waals surface area contributed by atoms with Gasteiger partial charge >= 0.3 is 6.03 Å². The van der Waals surface area contributed by atoms with Crippen LogP contribution in [0.15, 0.2) is 0 Å². The maximum absolute atomic E-state index is 12.0. The minimum absolute atomic E-state index is 0.0525. The number of likely N-dealkylation sites (N-methyl/N-ethyl adjacent to an activating group) is 1. The van der Waals surface area contributed by atoms with Crippen molar-refractivity contribution in [1.82, 2.24) is 20.4 Å². The first-order chi connectivity index (χ1) is 10.1. The van der Waals surface area contributed by atoms with Gasteiger partial charge in [-0.25, -0.2) is 4.79 Å². The Bertz CT molecular complexity index is 328. The number of nitrogens with zero attached hydrogens (tertiary/aromatic N) is 2. The minimum atomic E-state index is -0.506. The number of carbonyl (C=O) groups is 2. The summed E-state index contributed by atoms with van der Waals surface area (Å²) in [6.07, 6.45) is 0. The van der Waals surface area contributed by atoms with Gasteiger partial charge in [-0.3, -0.25) is 9.69 Å². The molecule has 2 N–H and O–H groups in total. The fraction of sp³-hybridized carbons (Fsp3) is 0.857. The Kier molecular flexibility index (Phi) is 8.07. The molecule has 0 unspecified atom stereocenters. The Hall–Kier alpha value is -1.34. The molecular formula is C14H28N4O3. The molecule has 0 spiro atoms. The molecule has 3 amide bonds. The summed E-state index contributed by atoms with van der Waals surface area (Å²) in [4.78, 5) is 27.7. The summed E-state index contributed by atoms with van der Waals surface area (Å²) < 4.78 is 5.27. The molecule has 0 aromatic rings. The van der Waals surface area contributed by atoms with E-state index in [1.165, 1.54) is 0 Å². The predicted octanol–water partition coefficient (Wildman–Crippen LogP) is -0.125. The van der Waals surface area contributed by atoms with Crippen molar-refractivity contribution in [2.24, 2.45) is 0 Å². The van der Waals surface area contributed by atoms with Gasteiger partial charge in [0.25, 0.3) is 0 Å². The third-order valence-corrected chi connectivity index (χ3v) is 3.61. The molecule has 0 aromatic heterocycles. The minimum Gasteiger partial charge on any atom is -0.379 e. The molecule has 1 heterocycles. The van der Waals surface area contributed by atoms with Crippen molar-refractivity contribution in [3.63, 3.8) is 0 Å². The lowest BCUT2D eigenvalue weighted by molar-refractivity contribution is -0.132. The van der Waals surface area contributed by atoms with E-state index in [0.717, 1.165) is 32.8 Å². The zero-order valence-electron chi connectivity index (χ0n) is 13.4. The van der Waals surface area contributed by atoms with E-state index in [4.69, 9.17) is 4.74 Å². The van der Waals surface area contributed by atoms with Gasteiger partial charge in [-0.1, -0.05) is 0 Å². The first-order valence-electron chi connectivity index (χ1n) is 7.71. The smallest absolute Gasteiger partial charge is 0.315 e. The standard InChI is InChI=1S/C14H28N4O3/c1-4-18(5-2)13(19)12(3)16-14(20)15-6-7-17-8-10-21-11-9-17/h12H,4-11H2,1-3H3,(H2,15,16,20)/t12-/m1/s1. The first kappa shape index (κ1) is 17.7.